The molecule has 0 N–H and O–H groups in total. The molecule has 0 amide bonds. The summed E-state index contributed by atoms with van der Waals surface area (Å²) in [5.41, 5.74) is 3.79. The first-order valence-electron chi connectivity index (χ1n) is 6.86. The van der Waals surface area contributed by atoms with Gasteiger partial charge in [0.2, 0.25) is 0 Å². The van der Waals surface area contributed by atoms with Crippen LogP contribution in [0.5, 0.6) is 0 Å². The van der Waals surface area contributed by atoms with Crippen molar-refractivity contribution in [2.75, 3.05) is 0 Å². The van der Waals surface area contributed by atoms with Gasteiger partial charge >= 0.3 is 0 Å². The summed E-state index contributed by atoms with van der Waals surface area (Å²) in [6, 6.07) is 12.4. The number of fused-ring (bicyclic) bond motifs is 1. The van der Waals surface area contributed by atoms with Gasteiger partial charge in [0, 0.05) is 11.4 Å². The predicted molar refractivity (Wildman–Crippen MR) is 87.9 cm³/mol. The zero-order valence-electron chi connectivity index (χ0n) is 12.0. The molecule has 1 aromatic carbocycles. The van der Waals surface area contributed by atoms with Crippen LogP contribution in [0.25, 0.3) is 22.7 Å². The minimum atomic E-state index is 0.610. The number of para-hydroxylation sites is 2. The molecular formula is C17H15N3S. The lowest BCUT2D eigenvalue weighted by Crippen LogP contribution is -2.00. The topological polar surface area (TPSA) is 41.6 Å². The zero-order valence-corrected chi connectivity index (χ0v) is 12.8. The van der Waals surface area contributed by atoms with E-state index in [-0.39, 0.29) is 0 Å². The van der Waals surface area contributed by atoms with Gasteiger partial charge in [-0.3, -0.25) is 0 Å². The van der Waals surface area contributed by atoms with Crippen molar-refractivity contribution >= 4 is 34.0 Å². The third-order valence-corrected chi connectivity index (χ3v) is 4.48. The largest absolute Gasteiger partial charge is 0.324 e. The molecule has 104 valence electrons. The highest BCUT2D eigenvalue weighted by Crippen LogP contribution is 2.26. The Labute approximate surface area is 127 Å². The molecule has 0 aliphatic carbocycles. The van der Waals surface area contributed by atoms with E-state index in [2.05, 4.69) is 35.5 Å². The lowest BCUT2D eigenvalue weighted by molar-refractivity contribution is 0.775. The maximum Gasteiger partial charge on any atom is 0.151 e. The molecule has 0 saturated carbocycles. The first kappa shape index (κ1) is 13.6. The number of aromatic nitrogens is 2. The Hall–Kier alpha value is -2.38. The summed E-state index contributed by atoms with van der Waals surface area (Å²) in [6.45, 7) is 4.92. The minimum Gasteiger partial charge on any atom is -0.324 e. The fourth-order valence-corrected chi connectivity index (χ4v) is 3.27. The molecule has 4 heteroatoms. The van der Waals surface area contributed by atoms with Gasteiger partial charge in [0.05, 0.1) is 16.6 Å². The summed E-state index contributed by atoms with van der Waals surface area (Å²) in [6.07, 6.45) is 1.94. The van der Waals surface area contributed by atoms with E-state index in [4.69, 9.17) is 0 Å². The minimum absolute atomic E-state index is 0.610. The SMILES string of the molecule is CCn1c(/C(C#N)=C/c2sccc2C)nc2ccccc21. The molecule has 0 radical (unpaired) electrons. The van der Waals surface area contributed by atoms with Crippen LogP contribution in [0.15, 0.2) is 35.7 Å². The number of hydrogen-bond donors (Lipinski definition) is 0. The molecule has 3 nitrogen and oxygen atoms in total. The van der Waals surface area contributed by atoms with Crippen molar-refractivity contribution in [3.8, 4) is 6.07 Å². The highest BCUT2D eigenvalue weighted by Gasteiger charge is 2.13. The van der Waals surface area contributed by atoms with E-state index in [0.29, 0.717) is 5.57 Å². The Bertz CT molecular complexity index is 862. The van der Waals surface area contributed by atoms with E-state index >= 15 is 0 Å². The number of nitrogens with zero attached hydrogens (tertiary/aromatic N) is 3. The summed E-state index contributed by atoms with van der Waals surface area (Å²) in [4.78, 5) is 5.75. The molecule has 2 aromatic heterocycles. The predicted octanol–water partition coefficient (Wildman–Crippen LogP) is 4.49. The number of hydrogen-bond acceptors (Lipinski definition) is 3. The Balaban J connectivity index is 2.20. The van der Waals surface area contributed by atoms with Crippen molar-refractivity contribution in [1.29, 1.82) is 5.26 Å². The van der Waals surface area contributed by atoms with E-state index in [1.54, 1.807) is 11.3 Å². The zero-order chi connectivity index (χ0) is 14.8. The highest BCUT2D eigenvalue weighted by atomic mass is 32.1. The molecule has 3 aromatic rings. The molecule has 0 aliphatic rings. The van der Waals surface area contributed by atoms with Gasteiger partial charge < -0.3 is 4.57 Å². The summed E-state index contributed by atoms with van der Waals surface area (Å²) in [5, 5.41) is 11.6. The molecule has 21 heavy (non-hydrogen) atoms. The monoisotopic (exact) mass is 293 g/mol. The molecule has 0 spiro atoms. The number of aryl methyl sites for hydroxylation is 2. The third kappa shape index (κ3) is 2.37. The van der Waals surface area contributed by atoms with Crippen molar-refractivity contribution in [3.05, 3.63) is 52.0 Å². The molecule has 0 saturated heterocycles. The fraction of sp³-hybridized carbons (Fsp3) is 0.176. The highest BCUT2D eigenvalue weighted by molar-refractivity contribution is 7.11. The molecule has 0 bridgehead atoms. The number of benzene rings is 1. The molecule has 0 atom stereocenters. The Morgan fingerprint density at radius 2 is 2.19 bits per heavy atom. The van der Waals surface area contributed by atoms with Gasteiger partial charge in [-0.05, 0) is 49.1 Å². The number of imidazole rings is 1. The maximum atomic E-state index is 9.55. The molecule has 3 rings (SSSR count). The smallest absolute Gasteiger partial charge is 0.151 e. The van der Waals surface area contributed by atoms with Gasteiger partial charge in [0.15, 0.2) is 5.82 Å². The lowest BCUT2D eigenvalue weighted by atomic mass is 10.2. The summed E-state index contributed by atoms with van der Waals surface area (Å²) >= 11 is 1.64. The quantitative estimate of drug-likeness (QED) is 0.668. The summed E-state index contributed by atoms with van der Waals surface area (Å²) in [7, 11) is 0. The first-order chi connectivity index (χ1) is 10.2. The summed E-state index contributed by atoms with van der Waals surface area (Å²) in [5.74, 6) is 0.744. The normalized spacial score (nSPS) is 11.8. The fourth-order valence-electron chi connectivity index (χ4n) is 2.41. The number of thiophene rings is 1. The van der Waals surface area contributed by atoms with E-state index in [1.165, 1.54) is 5.56 Å². The van der Waals surface area contributed by atoms with Gasteiger partial charge in [0.1, 0.15) is 6.07 Å². The average molecular weight is 293 g/mol. The number of allylic oxidation sites excluding steroid dienone is 1. The Morgan fingerprint density at radius 1 is 1.38 bits per heavy atom. The van der Waals surface area contributed by atoms with Crippen LogP contribution in [-0.4, -0.2) is 9.55 Å². The molecule has 0 fully saturated rings. The second kappa shape index (κ2) is 5.55. The van der Waals surface area contributed by atoms with Crippen LogP contribution in [-0.2, 0) is 6.54 Å². The van der Waals surface area contributed by atoms with Crippen LogP contribution in [0.4, 0.5) is 0 Å². The van der Waals surface area contributed by atoms with Crippen LogP contribution >= 0.6 is 11.3 Å². The second-order valence-corrected chi connectivity index (χ2v) is 5.75. The number of rotatable bonds is 3. The van der Waals surface area contributed by atoms with Crippen LogP contribution < -0.4 is 0 Å². The van der Waals surface area contributed by atoms with Crippen molar-refractivity contribution in [2.24, 2.45) is 0 Å². The van der Waals surface area contributed by atoms with Gasteiger partial charge in [-0.2, -0.15) is 5.26 Å². The van der Waals surface area contributed by atoms with Crippen molar-refractivity contribution < 1.29 is 0 Å². The Kier molecular flexibility index (Phi) is 3.59. The summed E-state index contributed by atoms with van der Waals surface area (Å²) < 4.78 is 2.09. The number of nitriles is 1. The van der Waals surface area contributed by atoms with Gasteiger partial charge in [0.25, 0.3) is 0 Å². The molecule has 0 aliphatic heterocycles. The maximum absolute atomic E-state index is 9.55. The van der Waals surface area contributed by atoms with Crippen LogP contribution in [0, 0.1) is 18.3 Å². The van der Waals surface area contributed by atoms with Crippen molar-refractivity contribution in [3.63, 3.8) is 0 Å². The van der Waals surface area contributed by atoms with Gasteiger partial charge in [-0.15, -0.1) is 11.3 Å². The van der Waals surface area contributed by atoms with E-state index in [9.17, 15) is 5.26 Å². The third-order valence-electron chi connectivity index (χ3n) is 3.51. The molecule has 2 heterocycles. The average Bonchev–Trinajstić information content (AvgIpc) is 3.07. The van der Waals surface area contributed by atoms with Crippen LogP contribution in [0.1, 0.15) is 23.2 Å². The van der Waals surface area contributed by atoms with Crippen LogP contribution in [0.3, 0.4) is 0 Å². The molecule has 0 unspecified atom stereocenters. The standard InChI is InChI=1S/C17H15N3S/c1-3-20-15-7-5-4-6-14(15)19-17(20)13(11-18)10-16-12(2)8-9-21-16/h4-10H,3H2,1-2H3/b13-10+. The van der Waals surface area contributed by atoms with E-state index in [1.807, 2.05) is 35.7 Å². The van der Waals surface area contributed by atoms with Crippen LogP contribution in [0.2, 0.25) is 0 Å². The molecular weight excluding hydrogens is 278 g/mol. The Morgan fingerprint density at radius 3 is 2.86 bits per heavy atom. The van der Waals surface area contributed by atoms with E-state index in [0.717, 1.165) is 28.3 Å². The lowest BCUT2D eigenvalue weighted by Gasteiger charge is -2.04. The second-order valence-electron chi connectivity index (χ2n) is 4.81. The van der Waals surface area contributed by atoms with Gasteiger partial charge in [-0.25, -0.2) is 4.98 Å². The first-order valence-corrected chi connectivity index (χ1v) is 7.74. The van der Waals surface area contributed by atoms with Gasteiger partial charge in [-0.1, -0.05) is 12.1 Å². The van der Waals surface area contributed by atoms with Crippen molar-refractivity contribution in [1.82, 2.24) is 9.55 Å². The van der Waals surface area contributed by atoms with Crippen molar-refractivity contribution in [2.45, 2.75) is 20.4 Å². The van der Waals surface area contributed by atoms with E-state index < -0.39 is 0 Å².